The highest BCUT2D eigenvalue weighted by Crippen LogP contribution is 2.28. The second-order valence-corrected chi connectivity index (χ2v) is 7.16. The summed E-state index contributed by atoms with van der Waals surface area (Å²) in [7, 11) is 1.34. The van der Waals surface area contributed by atoms with Crippen molar-refractivity contribution in [2.75, 3.05) is 43.9 Å². The molecule has 0 radical (unpaired) electrons. The quantitative estimate of drug-likeness (QED) is 0.652. The highest BCUT2D eigenvalue weighted by molar-refractivity contribution is 5.92. The first kappa shape index (κ1) is 18.9. The first-order chi connectivity index (χ1) is 11.6. The number of carbonyl (C=O) groups is 2. The van der Waals surface area contributed by atoms with Crippen molar-refractivity contribution in [1.82, 2.24) is 4.90 Å². The molecule has 138 valence electrons. The molecular formula is C18H27N3O4. The molecule has 0 spiro atoms. The van der Waals surface area contributed by atoms with Gasteiger partial charge in [0.15, 0.2) is 0 Å². The molecule has 1 aliphatic rings. The number of methoxy groups -OCH3 is 1. The number of nitrogens with two attached hydrogens (primary N) is 1. The molecule has 25 heavy (non-hydrogen) atoms. The number of nitrogens with zero attached hydrogens (tertiary/aromatic N) is 2. The third-order valence-corrected chi connectivity index (χ3v) is 4.11. The Labute approximate surface area is 148 Å². The molecule has 7 nitrogen and oxygen atoms in total. The van der Waals surface area contributed by atoms with Gasteiger partial charge in [0, 0.05) is 37.6 Å². The van der Waals surface area contributed by atoms with Crippen LogP contribution in [0.3, 0.4) is 0 Å². The fourth-order valence-electron chi connectivity index (χ4n) is 2.74. The highest BCUT2D eigenvalue weighted by Gasteiger charge is 2.27. The molecule has 1 aromatic carbocycles. The van der Waals surface area contributed by atoms with Crippen molar-refractivity contribution in [3.05, 3.63) is 23.3 Å². The van der Waals surface area contributed by atoms with Gasteiger partial charge in [0.25, 0.3) is 0 Å². The summed E-state index contributed by atoms with van der Waals surface area (Å²) >= 11 is 0. The number of anilines is 2. The Kier molecular flexibility index (Phi) is 5.45. The van der Waals surface area contributed by atoms with E-state index >= 15 is 0 Å². The van der Waals surface area contributed by atoms with Gasteiger partial charge in [-0.15, -0.1) is 0 Å². The van der Waals surface area contributed by atoms with Crippen LogP contribution in [0, 0.1) is 6.92 Å². The van der Waals surface area contributed by atoms with Crippen molar-refractivity contribution in [3.8, 4) is 0 Å². The van der Waals surface area contributed by atoms with Crippen molar-refractivity contribution < 1.29 is 19.1 Å². The van der Waals surface area contributed by atoms with Gasteiger partial charge < -0.3 is 25.0 Å². The van der Waals surface area contributed by atoms with E-state index in [-0.39, 0.29) is 6.09 Å². The Bertz CT molecular complexity index is 659. The van der Waals surface area contributed by atoms with E-state index in [9.17, 15) is 9.59 Å². The van der Waals surface area contributed by atoms with Crippen LogP contribution in [-0.4, -0.2) is 55.9 Å². The third kappa shape index (κ3) is 4.55. The van der Waals surface area contributed by atoms with E-state index in [1.54, 1.807) is 17.0 Å². The van der Waals surface area contributed by atoms with Gasteiger partial charge in [0.1, 0.15) is 5.60 Å². The summed E-state index contributed by atoms with van der Waals surface area (Å²) in [4.78, 5) is 27.8. The Hall–Kier alpha value is -2.44. The van der Waals surface area contributed by atoms with Gasteiger partial charge in [-0.2, -0.15) is 0 Å². The van der Waals surface area contributed by atoms with Gasteiger partial charge in [-0.25, -0.2) is 9.59 Å². The number of rotatable bonds is 2. The molecule has 0 bridgehead atoms. The Balaban J connectivity index is 2.11. The summed E-state index contributed by atoms with van der Waals surface area (Å²) < 4.78 is 10.2. The van der Waals surface area contributed by atoms with E-state index in [4.69, 9.17) is 15.2 Å². The average Bonchev–Trinajstić information content (AvgIpc) is 2.55. The molecule has 0 saturated carbocycles. The van der Waals surface area contributed by atoms with Gasteiger partial charge in [-0.3, -0.25) is 0 Å². The minimum absolute atomic E-state index is 0.299. The molecule has 1 saturated heterocycles. The van der Waals surface area contributed by atoms with Crippen LogP contribution in [0.25, 0.3) is 0 Å². The van der Waals surface area contributed by atoms with Gasteiger partial charge in [-0.1, -0.05) is 0 Å². The summed E-state index contributed by atoms with van der Waals surface area (Å²) in [5.41, 5.74) is 8.32. The molecular weight excluding hydrogens is 322 g/mol. The summed E-state index contributed by atoms with van der Waals surface area (Å²) in [6, 6.07) is 3.42. The molecule has 0 aromatic heterocycles. The predicted octanol–water partition coefficient (Wildman–Crippen LogP) is 2.42. The summed E-state index contributed by atoms with van der Waals surface area (Å²) in [5, 5.41) is 0. The van der Waals surface area contributed by atoms with E-state index in [2.05, 4.69) is 4.90 Å². The smallest absolute Gasteiger partial charge is 0.410 e. The zero-order valence-electron chi connectivity index (χ0n) is 15.6. The topological polar surface area (TPSA) is 85.1 Å². The lowest BCUT2D eigenvalue weighted by Crippen LogP contribution is -2.50. The molecule has 2 N–H and O–H groups in total. The van der Waals surface area contributed by atoms with Crippen molar-refractivity contribution in [3.63, 3.8) is 0 Å². The number of hydrogen-bond acceptors (Lipinski definition) is 6. The molecule has 1 fully saturated rings. The molecule has 0 unspecified atom stereocenters. The van der Waals surface area contributed by atoms with Crippen LogP contribution >= 0.6 is 0 Å². The van der Waals surface area contributed by atoms with Crippen LogP contribution in [0.5, 0.6) is 0 Å². The first-order valence-corrected chi connectivity index (χ1v) is 8.33. The third-order valence-electron chi connectivity index (χ3n) is 4.11. The Morgan fingerprint density at radius 1 is 1.12 bits per heavy atom. The maximum absolute atomic E-state index is 12.2. The first-order valence-electron chi connectivity index (χ1n) is 8.33. The Morgan fingerprint density at radius 2 is 1.72 bits per heavy atom. The lowest BCUT2D eigenvalue weighted by molar-refractivity contribution is 0.0240. The van der Waals surface area contributed by atoms with Gasteiger partial charge >= 0.3 is 12.1 Å². The summed E-state index contributed by atoms with van der Waals surface area (Å²) in [6.07, 6.45) is -0.299. The second-order valence-electron chi connectivity index (χ2n) is 7.16. The van der Waals surface area contributed by atoms with Gasteiger partial charge in [0.2, 0.25) is 0 Å². The SMILES string of the molecule is COC(=O)c1cc(N)c(C)c(N2CCN(C(=O)OC(C)(C)C)CC2)c1. The number of piperazine rings is 1. The zero-order chi connectivity index (χ0) is 18.8. The molecule has 2 rings (SSSR count). The highest BCUT2D eigenvalue weighted by atomic mass is 16.6. The van der Waals surface area contributed by atoms with E-state index in [1.807, 2.05) is 27.7 Å². The average molecular weight is 349 g/mol. The predicted molar refractivity (Wildman–Crippen MR) is 97.0 cm³/mol. The van der Waals surface area contributed by atoms with Crippen molar-refractivity contribution >= 4 is 23.4 Å². The number of esters is 1. The van der Waals surface area contributed by atoms with Crippen molar-refractivity contribution in [2.24, 2.45) is 0 Å². The fourth-order valence-corrected chi connectivity index (χ4v) is 2.74. The van der Waals surface area contributed by atoms with E-state index < -0.39 is 11.6 Å². The molecule has 0 aliphatic carbocycles. The van der Waals surface area contributed by atoms with Crippen LogP contribution in [0.15, 0.2) is 12.1 Å². The van der Waals surface area contributed by atoms with Crippen molar-refractivity contribution in [2.45, 2.75) is 33.3 Å². The van der Waals surface area contributed by atoms with Crippen LogP contribution in [0.4, 0.5) is 16.2 Å². The number of hydrogen-bond donors (Lipinski definition) is 1. The molecule has 7 heteroatoms. The minimum atomic E-state index is -0.506. The second kappa shape index (κ2) is 7.21. The van der Waals surface area contributed by atoms with Crippen LogP contribution in [-0.2, 0) is 9.47 Å². The number of nitrogen functional groups attached to an aromatic ring is 1. The number of carbonyl (C=O) groups excluding carboxylic acids is 2. The Morgan fingerprint density at radius 3 is 2.24 bits per heavy atom. The largest absolute Gasteiger partial charge is 0.465 e. The maximum Gasteiger partial charge on any atom is 0.410 e. The van der Waals surface area contributed by atoms with Crippen molar-refractivity contribution in [1.29, 1.82) is 0 Å². The maximum atomic E-state index is 12.2. The normalized spacial score (nSPS) is 15.1. The molecule has 1 aromatic rings. The molecule has 1 amide bonds. The number of ether oxygens (including phenoxy) is 2. The minimum Gasteiger partial charge on any atom is -0.465 e. The van der Waals surface area contributed by atoms with E-state index in [0.29, 0.717) is 37.4 Å². The summed E-state index contributed by atoms with van der Waals surface area (Å²) in [6.45, 7) is 9.87. The van der Waals surface area contributed by atoms with E-state index in [0.717, 1.165) is 11.3 Å². The summed E-state index contributed by atoms with van der Waals surface area (Å²) in [5.74, 6) is -0.416. The van der Waals surface area contributed by atoms with E-state index in [1.165, 1.54) is 7.11 Å². The van der Waals surface area contributed by atoms with Gasteiger partial charge in [0.05, 0.1) is 12.7 Å². The molecule has 1 heterocycles. The lowest BCUT2D eigenvalue weighted by Gasteiger charge is -2.37. The van der Waals surface area contributed by atoms with Gasteiger partial charge in [-0.05, 0) is 45.4 Å². The van der Waals surface area contributed by atoms with Crippen LogP contribution < -0.4 is 10.6 Å². The molecule has 1 aliphatic heterocycles. The fraction of sp³-hybridized carbons (Fsp3) is 0.556. The van der Waals surface area contributed by atoms with Crippen LogP contribution in [0.2, 0.25) is 0 Å². The molecule has 0 atom stereocenters. The monoisotopic (exact) mass is 349 g/mol. The number of amides is 1. The van der Waals surface area contributed by atoms with Crippen LogP contribution in [0.1, 0.15) is 36.7 Å². The lowest BCUT2D eigenvalue weighted by atomic mass is 10.1. The zero-order valence-corrected chi connectivity index (χ0v) is 15.6. The number of benzene rings is 1. The standard InChI is InChI=1S/C18H27N3O4/c1-12-14(19)10-13(16(22)24-5)11-15(12)20-6-8-21(9-7-20)17(23)25-18(2,3)4/h10-11H,6-9,19H2,1-5H3.